The van der Waals surface area contributed by atoms with Gasteiger partial charge in [-0.05, 0) is 30.2 Å². The Hall–Kier alpha value is -1.24. The van der Waals surface area contributed by atoms with E-state index < -0.39 is 0 Å². The lowest BCUT2D eigenvalue weighted by Gasteiger charge is -2.28. The summed E-state index contributed by atoms with van der Waals surface area (Å²) in [6.07, 6.45) is 3.29. The van der Waals surface area contributed by atoms with Crippen molar-refractivity contribution in [2.75, 3.05) is 12.5 Å². The van der Waals surface area contributed by atoms with Gasteiger partial charge in [0.05, 0.1) is 5.39 Å². The molecule has 21 heavy (non-hydrogen) atoms. The molecule has 0 saturated carbocycles. The normalized spacial score (nSPS) is 16.2. The highest BCUT2D eigenvalue weighted by Gasteiger charge is 2.31. The van der Waals surface area contributed by atoms with Gasteiger partial charge in [-0.15, -0.1) is 11.3 Å². The summed E-state index contributed by atoms with van der Waals surface area (Å²) in [5, 5.41) is 1.10. The van der Waals surface area contributed by atoms with Gasteiger partial charge in [0.2, 0.25) is 0 Å². The Kier molecular flexibility index (Phi) is 3.63. The quantitative estimate of drug-likeness (QED) is 0.673. The number of aromatic nitrogens is 2. The number of hydrazine groups is 1. The predicted octanol–water partition coefficient (Wildman–Crippen LogP) is 3.20. The largest absolute Gasteiger partial charge is 0.373 e. The van der Waals surface area contributed by atoms with Crippen LogP contribution in [0.5, 0.6) is 0 Å². The summed E-state index contributed by atoms with van der Waals surface area (Å²) in [5.74, 6) is 7.13. The Bertz CT molecular complexity index is 674. The molecule has 6 heteroatoms. The summed E-state index contributed by atoms with van der Waals surface area (Å²) in [6, 6.07) is 0. The molecule has 0 aliphatic heterocycles. The number of nitrogen functional groups attached to an aromatic ring is 1. The fourth-order valence-corrected chi connectivity index (χ4v) is 4.35. The molecule has 1 aliphatic rings. The van der Waals surface area contributed by atoms with Crippen molar-refractivity contribution in [2.24, 2.45) is 11.3 Å². The van der Waals surface area contributed by atoms with E-state index in [-0.39, 0.29) is 11.5 Å². The molecule has 0 aromatic carbocycles. The van der Waals surface area contributed by atoms with Gasteiger partial charge in [0.1, 0.15) is 10.9 Å². The van der Waals surface area contributed by atoms with E-state index in [2.05, 4.69) is 31.2 Å². The molecular weight excluding hydrogens is 284 g/mol. The zero-order valence-electron chi connectivity index (χ0n) is 13.0. The molecular formula is C15H22N4OS. The highest BCUT2D eigenvalue weighted by atomic mass is 32.1. The molecule has 0 saturated heterocycles. The van der Waals surface area contributed by atoms with E-state index in [4.69, 9.17) is 15.6 Å². The highest BCUT2D eigenvalue weighted by Crippen LogP contribution is 2.41. The maximum Gasteiger partial charge on any atom is 0.161 e. The van der Waals surface area contributed by atoms with Gasteiger partial charge in [0.25, 0.3) is 0 Å². The number of ether oxygens (including phenoxy) is 1. The third kappa shape index (κ3) is 2.41. The van der Waals surface area contributed by atoms with Crippen molar-refractivity contribution in [3.05, 3.63) is 16.3 Å². The molecule has 3 N–H and O–H groups in total. The Morgan fingerprint density at radius 3 is 2.67 bits per heavy atom. The summed E-state index contributed by atoms with van der Waals surface area (Å²) in [7, 11) is 1.70. The number of nitrogens with zero attached hydrogens (tertiary/aromatic N) is 2. The first-order valence-electron chi connectivity index (χ1n) is 7.27. The summed E-state index contributed by atoms with van der Waals surface area (Å²) in [6.45, 7) is 6.37. The van der Waals surface area contributed by atoms with E-state index in [0.29, 0.717) is 5.82 Å². The number of hydrogen-bond acceptors (Lipinski definition) is 6. The number of methoxy groups -OCH3 is 1. The van der Waals surface area contributed by atoms with Crippen LogP contribution in [0.3, 0.4) is 0 Å². The van der Waals surface area contributed by atoms with E-state index >= 15 is 0 Å². The molecule has 0 amide bonds. The van der Waals surface area contributed by atoms with Gasteiger partial charge in [-0.2, -0.15) is 0 Å². The van der Waals surface area contributed by atoms with Crippen LogP contribution in [0.15, 0.2) is 0 Å². The van der Waals surface area contributed by atoms with Crippen LogP contribution in [0.1, 0.15) is 49.6 Å². The maximum atomic E-state index is 5.71. The maximum absolute atomic E-state index is 5.71. The van der Waals surface area contributed by atoms with Crippen molar-refractivity contribution >= 4 is 27.4 Å². The number of anilines is 1. The molecule has 2 aromatic heterocycles. The van der Waals surface area contributed by atoms with Crippen LogP contribution >= 0.6 is 11.3 Å². The van der Waals surface area contributed by atoms with E-state index in [1.54, 1.807) is 18.4 Å². The van der Waals surface area contributed by atoms with Crippen LogP contribution in [-0.4, -0.2) is 17.1 Å². The Labute approximate surface area is 128 Å². The van der Waals surface area contributed by atoms with Crippen LogP contribution < -0.4 is 11.3 Å². The summed E-state index contributed by atoms with van der Waals surface area (Å²) < 4.78 is 5.64. The average Bonchev–Trinajstić information content (AvgIpc) is 2.96. The lowest BCUT2D eigenvalue weighted by atomic mass is 9.88. The average molecular weight is 306 g/mol. The standard InChI is InChI=1S/C15H22N4OS/c1-15(2,3)11(20-4)13-17-12(19-16)10-8-6-5-7-9(8)21-14(10)18-13/h11H,5-7,16H2,1-4H3,(H,17,18,19). The van der Waals surface area contributed by atoms with Crippen LogP contribution in [0.4, 0.5) is 5.82 Å². The minimum Gasteiger partial charge on any atom is -0.373 e. The number of hydrogen-bond donors (Lipinski definition) is 2. The van der Waals surface area contributed by atoms with E-state index in [0.717, 1.165) is 28.9 Å². The minimum atomic E-state index is -0.161. The molecule has 0 spiro atoms. The lowest BCUT2D eigenvalue weighted by molar-refractivity contribution is 0.00904. The molecule has 3 rings (SSSR count). The van der Waals surface area contributed by atoms with Crippen LogP contribution in [-0.2, 0) is 17.6 Å². The Balaban J connectivity index is 2.18. The van der Waals surface area contributed by atoms with Crippen LogP contribution in [0.25, 0.3) is 10.2 Å². The number of rotatable bonds is 3. The Morgan fingerprint density at radius 2 is 2.05 bits per heavy atom. The molecule has 0 bridgehead atoms. The number of fused-ring (bicyclic) bond motifs is 3. The van der Waals surface area contributed by atoms with Crippen molar-refractivity contribution in [3.8, 4) is 0 Å². The fraction of sp³-hybridized carbons (Fsp3) is 0.600. The molecule has 1 aliphatic carbocycles. The van der Waals surface area contributed by atoms with Crippen molar-refractivity contribution < 1.29 is 4.74 Å². The molecule has 1 atom stereocenters. The zero-order chi connectivity index (χ0) is 15.2. The van der Waals surface area contributed by atoms with Crippen molar-refractivity contribution in [1.82, 2.24) is 9.97 Å². The monoisotopic (exact) mass is 306 g/mol. The first-order chi connectivity index (χ1) is 9.95. The number of thiophene rings is 1. The van der Waals surface area contributed by atoms with Gasteiger partial charge in [-0.1, -0.05) is 20.8 Å². The molecule has 2 aromatic rings. The van der Waals surface area contributed by atoms with E-state index in [1.165, 1.54) is 16.9 Å². The third-order valence-corrected chi connectivity index (χ3v) is 5.16. The lowest BCUT2D eigenvalue weighted by Crippen LogP contribution is -2.23. The van der Waals surface area contributed by atoms with Gasteiger partial charge in [0, 0.05) is 12.0 Å². The van der Waals surface area contributed by atoms with E-state index in [1.807, 2.05) is 0 Å². The second-order valence-electron chi connectivity index (χ2n) is 6.59. The van der Waals surface area contributed by atoms with Gasteiger partial charge >= 0.3 is 0 Å². The second-order valence-corrected chi connectivity index (χ2v) is 7.68. The molecule has 5 nitrogen and oxygen atoms in total. The third-order valence-electron chi connectivity index (χ3n) is 3.98. The second kappa shape index (κ2) is 5.19. The van der Waals surface area contributed by atoms with Crippen molar-refractivity contribution in [3.63, 3.8) is 0 Å². The topological polar surface area (TPSA) is 73.1 Å². The zero-order valence-corrected chi connectivity index (χ0v) is 13.8. The number of nitrogens with one attached hydrogen (secondary N) is 1. The number of aryl methyl sites for hydroxylation is 2. The predicted molar refractivity (Wildman–Crippen MR) is 86.5 cm³/mol. The summed E-state index contributed by atoms with van der Waals surface area (Å²) in [4.78, 5) is 11.9. The van der Waals surface area contributed by atoms with Crippen LogP contribution in [0.2, 0.25) is 0 Å². The van der Waals surface area contributed by atoms with Crippen molar-refractivity contribution in [1.29, 1.82) is 0 Å². The molecule has 0 fully saturated rings. The Morgan fingerprint density at radius 1 is 1.29 bits per heavy atom. The van der Waals surface area contributed by atoms with Gasteiger partial charge in [0.15, 0.2) is 11.6 Å². The number of nitrogens with two attached hydrogens (primary N) is 1. The highest BCUT2D eigenvalue weighted by molar-refractivity contribution is 7.19. The van der Waals surface area contributed by atoms with Crippen molar-refractivity contribution in [2.45, 2.75) is 46.1 Å². The van der Waals surface area contributed by atoms with E-state index in [9.17, 15) is 0 Å². The smallest absolute Gasteiger partial charge is 0.161 e. The molecule has 0 radical (unpaired) electrons. The summed E-state index contributed by atoms with van der Waals surface area (Å²) in [5.41, 5.74) is 4.06. The molecule has 1 unspecified atom stereocenters. The van der Waals surface area contributed by atoms with Gasteiger partial charge in [-0.3, -0.25) is 0 Å². The molecule has 2 heterocycles. The minimum absolute atomic E-state index is 0.0751. The fourth-order valence-electron chi connectivity index (χ4n) is 3.08. The first-order valence-corrected chi connectivity index (χ1v) is 8.09. The first kappa shape index (κ1) is 14.7. The van der Waals surface area contributed by atoms with Gasteiger partial charge < -0.3 is 10.2 Å². The van der Waals surface area contributed by atoms with Crippen LogP contribution in [0, 0.1) is 5.41 Å². The molecule has 114 valence electrons. The van der Waals surface area contributed by atoms with Gasteiger partial charge in [-0.25, -0.2) is 15.8 Å². The SMILES string of the molecule is COC(c1nc(NN)c2c3c(sc2n1)CCC3)C(C)(C)C. The summed E-state index contributed by atoms with van der Waals surface area (Å²) >= 11 is 1.77.